The van der Waals surface area contributed by atoms with E-state index in [4.69, 9.17) is 21.1 Å². The number of anilines is 1. The van der Waals surface area contributed by atoms with Crippen molar-refractivity contribution in [2.45, 2.75) is 56.8 Å². The maximum absolute atomic E-state index is 13.9. The largest absolute Gasteiger partial charge is 0.497 e. The third-order valence-electron chi connectivity index (χ3n) is 6.39. The number of amides is 3. The minimum Gasteiger partial charge on any atom is -0.497 e. The standard InChI is InChI=1S/C31H34ClN3O5S/c1-19(21-8-13-24(39-5)14-9-21)33-28(36)22-10-15-27-26(16-22)35(17-20-6-11-23(32)12-7-20)29(37)25(18-41-27)34-30(38)40-31(2,3)4/h6-16,19,25H,17-18H2,1-5H3,(H,33,36)(H,34,38)/t19?,25-/m0/s1. The molecule has 1 aliphatic heterocycles. The van der Waals surface area contributed by atoms with Crippen molar-refractivity contribution in [3.05, 3.63) is 88.4 Å². The Morgan fingerprint density at radius 2 is 1.76 bits per heavy atom. The van der Waals surface area contributed by atoms with Crippen molar-refractivity contribution in [1.29, 1.82) is 0 Å². The highest BCUT2D eigenvalue weighted by atomic mass is 35.5. The van der Waals surface area contributed by atoms with E-state index in [1.165, 1.54) is 11.8 Å². The molecule has 3 aromatic carbocycles. The van der Waals surface area contributed by atoms with E-state index in [0.29, 0.717) is 22.0 Å². The van der Waals surface area contributed by atoms with Crippen molar-refractivity contribution < 1.29 is 23.9 Å². The lowest BCUT2D eigenvalue weighted by Crippen LogP contribution is -2.50. The number of nitrogens with one attached hydrogen (secondary N) is 2. The van der Waals surface area contributed by atoms with Gasteiger partial charge in [0.2, 0.25) is 0 Å². The Labute approximate surface area is 249 Å². The summed E-state index contributed by atoms with van der Waals surface area (Å²) in [5, 5.41) is 6.35. The van der Waals surface area contributed by atoms with Crippen molar-refractivity contribution in [1.82, 2.24) is 10.6 Å². The van der Waals surface area contributed by atoms with Crippen LogP contribution in [-0.4, -0.2) is 42.4 Å². The topological polar surface area (TPSA) is 97.0 Å². The maximum Gasteiger partial charge on any atom is 0.408 e. The molecule has 0 bridgehead atoms. The van der Waals surface area contributed by atoms with Crippen LogP contribution in [-0.2, 0) is 16.1 Å². The van der Waals surface area contributed by atoms with Crippen LogP contribution in [0, 0.1) is 0 Å². The quantitative estimate of drug-likeness (QED) is 0.329. The number of thioether (sulfide) groups is 1. The fraction of sp³-hybridized carbons (Fsp3) is 0.323. The van der Waals surface area contributed by atoms with Crippen molar-refractivity contribution in [3.63, 3.8) is 0 Å². The van der Waals surface area contributed by atoms with E-state index in [1.54, 1.807) is 57.0 Å². The Morgan fingerprint density at radius 1 is 1.07 bits per heavy atom. The number of carbonyl (C=O) groups excluding carboxylic acids is 3. The second-order valence-electron chi connectivity index (χ2n) is 10.7. The fourth-order valence-electron chi connectivity index (χ4n) is 4.29. The summed E-state index contributed by atoms with van der Waals surface area (Å²) in [6, 6.07) is 18.9. The Hall–Kier alpha value is -3.69. The number of hydrogen-bond donors (Lipinski definition) is 2. The normalized spacial score (nSPS) is 15.8. The summed E-state index contributed by atoms with van der Waals surface area (Å²) in [5.74, 6) is 0.469. The third-order valence-corrected chi connectivity index (χ3v) is 7.80. The molecule has 2 atom stereocenters. The zero-order chi connectivity index (χ0) is 29.7. The van der Waals surface area contributed by atoms with Crippen LogP contribution in [0.5, 0.6) is 5.75 Å². The number of halogens is 1. The predicted octanol–water partition coefficient (Wildman–Crippen LogP) is 6.37. The maximum atomic E-state index is 13.9. The summed E-state index contributed by atoms with van der Waals surface area (Å²) in [4.78, 5) is 42.2. The molecule has 0 radical (unpaired) electrons. The van der Waals surface area contributed by atoms with Gasteiger partial charge in [0.25, 0.3) is 11.8 Å². The number of methoxy groups -OCH3 is 1. The van der Waals surface area contributed by atoms with E-state index >= 15 is 0 Å². The van der Waals surface area contributed by atoms with Crippen molar-refractivity contribution in [2.75, 3.05) is 17.8 Å². The van der Waals surface area contributed by atoms with Crippen LogP contribution in [0.25, 0.3) is 0 Å². The van der Waals surface area contributed by atoms with Gasteiger partial charge in [-0.3, -0.25) is 9.59 Å². The number of fused-ring (bicyclic) bond motifs is 1. The second-order valence-corrected chi connectivity index (χ2v) is 12.2. The molecule has 1 unspecified atom stereocenters. The smallest absolute Gasteiger partial charge is 0.408 e. The lowest BCUT2D eigenvalue weighted by atomic mass is 10.1. The van der Waals surface area contributed by atoms with Crippen LogP contribution in [0.15, 0.2) is 71.6 Å². The molecular formula is C31H34ClN3O5S. The molecule has 8 nitrogen and oxygen atoms in total. The van der Waals surface area contributed by atoms with Crippen molar-refractivity contribution >= 4 is 47.0 Å². The number of alkyl carbamates (subject to hydrolysis) is 1. The van der Waals surface area contributed by atoms with Crippen molar-refractivity contribution in [3.8, 4) is 5.75 Å². The average Bonchev–Trinajstić information content (AvgIpc) is 3.05. The van der Waals surface area contributed by atoms with Gasteiger partial charge in [0.15, 0.2) is 0 Å². The van der Waals surface area contributed by atoms with Gasteiger partial charge in [-0.25, -0.2) is 4.79 Å². The van der Waals surface area contributed by atoms with Crippen molar-refractivity contribution in [2.24, 2.45) is 0 Å². The molecule has 216 valence electrons. The highest BCUT2D eigenvalue weighted by Gasteiger charge is 2.33. The predicted molar refractivity (Wildman–Crippen MR) is 162 cm³/mol. The van der Waals surface area contributed by atoms with Crippen LogP contribution in [0.2, 0.25) is 5.02 Å². The van der Waals surface area contributed by atoms with Gasteiger partial charge in [0, 0.05) is 21.2 Å². The molecule has 0 saturated carbocycles. The van der Waals surface area contributed by atoms with Crippen LogP contribution < -0.4 is 20.3 Å². The molecule has 0 spiro atoms. The van der Waals surface area contributed by atoms with E-state index in [0.717, 1.165) is 21.8 Å². The molecule has 2 N–H and O–H groups in total. The first-order chi connectivity index (χ1) is 19.4. The zero-order valence-corrected chi connectivity index (χ0v) is 25.3. The SMILES string of the molecule is COc1ccc(C(C)NC(=O)c2ccc3c(c2)N(Cc2ccc(Cl)cc2)C(=O)[C@@H](NC(=O)OC(C)(C)C)CS3)cc1. The number of nitrogens with zero attached hydrogens (tertiary/aromatic N) is 1. The van der Waals surface area contributed by atoms with Crippen LogP contribution in [0.4, 0.5) is 10.5 Å². The van der Waals surface area contributed by atoms with Gasteiger partial charge >= 0.3 is 6.09 Å². The van der Waals surface area contributed by atoms with Crippen LogP contribution in [0.1, 0.15) is 55.2 Å². The number of hydrogen-bond acceptors (Lipinski definition) is 6. The van der Waals surface area contributed by atoms with Gasteiger partial charge in [-0.2, -0.15) is 0 Å². The number of rotatable bonds is 7. The van der Waals surface area contributed by atoms with E-state index < -0.39 is 17.7 Å². The van der Waals surface area contributed by atoms with Crippen LogP contribution in [0.3, 0.4) is 0 Å². The van der Waals surface area contributed by atoms with Gasteiger partial charge in [0.1, 0.15) is 17.4 Å². The molecule has 3 amide bonds. The Kier molecular flexibility index (Phi) is 9.50. The molecule has 10 heteroatoms. The molecule has 3 aromatic rings. The van der Waals surface area contributed by atoms with Gasteiger partial charge in [0.05, 0.1) is 25.4 Å². The summed E-state index contributed by atoms with van der Waals surface area (Å²) in [5.41, 5.74) is 2.08. The number of benzene rings is 3. The molecule has 0 aliphatic carbocycles. The molecule has 0 fully saturated rings. The molecule has 0 saturated heterocycles. The molecule has 4 rings (SSSR count). The summed E-state index contributed by atoms with van der Waals surface area (Å²) >= 11 is 7.52. The van der Waals surface area contributed by atoms with Gasteiger partial charge in [-0.1, -0.05) is 35.9 Å². The molecule has 41 heavy (non-hydrogen) atoms. The Morgan fingerprint density at radius 3 is 2.39 bits per heavy atom. The van der Waals surface area contributed by atoms with Gasteiger partial charge < -0.3 is 25.0 Å². The first-order valence-electron chi connectivity index (χ1n) is 13.2. The van der Waals surface area contributed by atoms with E-state index in [2.05, 4.69) is 10.6 Å². The van der Waals surface area contributed by atoms with E-state index in [-0.39, 0.29) is 24.4 Å². The number of carbonyl (C=O) groups is 3. The lowest BCUT2D eigenvalue weighted by molar-refractivity contribution is -0.120. The second kappa shape index (κ2) is 12.9. The number of ether oxygens (including phenoxy) is 2. The first kappa shape index (κ1) is 30.3. The minimum absolute atomic E-state index is 0.226. The van der Waals surface area contributed by atoms with E-state index in [9.17, 15) is 14.4 Å². The zero-order valence-electron chi connectivity index (χ0n) is 23.7. The third kappa shape index (κ3) is 7.95. The lowest BCUT2D eigenvalue weighted by Gasteiger charge is -2.27. The average molecular weight is 596 g/mol. The van der Waals surface area contributed by atoms with E-state index in [1.807, 2.05) is 49.4 Å². The molecular weight excluding hydrogens is 562 g/mol. The monoisotopic (exact) mass is 595 g/mol. The highest BCUT2D eigenvalue weighted by Crippen LogP contribution is 2.36. The summed E-state index contributed by atoms with van der Waals surface area (Å²) in [6.45, 7) is 7.43. The Balaban J connectivity index is 1.61. The Bertz CT molecular complexity index is 1410. The van der Waals surface area contributed by atoms with Gasteiger partial charge in [-0.05, 0) is 81.3 Å². The molecule has 1 heterocycles. The highest BCUT2D eigenvalue weighted by molar-refractivity contribution is 7.99. The fourth-order valence-corrected chi connectivity index (χ4v) is 5.47. The summed E-state index contributed by atoms with van der Waals surface area (Å²) in [7, 11) is 1.60. The van der Waals surface area contributed by atoms with Gasteiger partial charge in [-0.15, -0.1) is 11.8 Å². The summed E-state index contributed by atoms with van der Waals surface area (Å²) in [6.07, 6.45) is -0.665. The summed E-state index contributed by atoms with van der Waals surface area (Å²) < 4.78 is 10.6. The molecule has 1 aliphatic rings. The first-order valence-corrected chi connectivity index (χ1v) is 14.6. The van der Waals surface area contributed by atoms with Crippen LogP contribution >= 0.6 is 23.4 Å². The minimum atomic E-state index is -0.832. The molecule has 0 aromatic heterocycles.